The molecule has 11 heteroatoms. The lowest BCUT2D eigenvalue weighted by Gasteiger charge is -2.40. The lowest BCUT2D eigenvalue weighted by atomic mass is 9.90. The molecule has 134 valence electrons. The van der Waals surface area contributed by atoms with Crippen LogP contribution in [0.4, 0.5) is 18.9 Å². The summed E-state index contributed by atoms with van der Waals surface area (Å²) in [6, 6.07) is 1.57. The molecule has 0 aromatic heterocycles. The molecule has 0 saturated carbocycles. The minimum absolute atomic E-state index is 0.187. The first-order valence-corrected chi connectivity index (χ1v) is 8.56. The molecule has 0 radical (unpaired) electrons. The van der Waals surface area contributed by atoms with Gasteiger partial charge in [0.1, 0.15) is 6.04 Å². The first kappa shape index (κ1) is 18.6. The van der Waals surface area contributed by atoms with Gasteiger partial charge in [-0.3, -0.25) is 10.1 Å². The van der Waals surface area contributed by atoms with E-state index in [2.05, 4.69) is 0 Å². The minimum Gasteiger partial charge on any atom is -0.330 e. The molecule has 2 atom stereocenters. The smallest absolute Gasteiger partial charge is 0.330 e. The summed E-state index contributed by atoms with van der Waals surface area (Å²) in [6.07, 6.45) is -4.30. The van der Waals surface area contributed by atoms with Crippen LogP contribution in [0.5, 0.6) is 0 Å². The Bertz CT molecular complexity index is 706. The fourth-order valence-corrected chi connectivity index (χ4v) is 4.57. The number of nitrogens with zero attached hydrogens (tertiary/aromatic N) is 2. The first-order chi connectivity index (χ1) is 11.1. The van der Waals surface area contributed by atoms with E-state index >= 15 is 0 Å². The zero-order valence-electron chi connectivity index (χ0n) is 12.4. The molecule has 0 bridgehead atoms. The topological polar surface area (TPSA) is 107 Å². The number of piperidine rings is 1. The highest BCUT2D eigenvalue weighted by molar-refractivity contribution is 7.89. The Balaban J connectivity index is 2.43. The molecule has 1 aromatic carbocycles. The summed E-state index contributed by atoms with van der Waals surface area (Å²) in [5.41, 5.74) is 5.04. The number of sulfonamides is 1. The van der Waals surface area contributed by atoms with E-state index in [1.54, 1.807) is 0 Å². The molecule has 0 aliphatic carbocycles. The van der Waals surface area contributed by atoms with Crippen LogP contribution in [-0.2, 0) is 10.0 Å². The standard InChI is InChI=1S/C13H16F3N3O4S/c14-13(15,16)12-9(8-17)2-1-7-18(12)24(22,23)11-5-3-10(4-6-11)19(20)21/h3-6,9,12H,1-2,7-8,17H2/t9-,12-/m1/s1. The number of rotatable bonds is 4. The molecule has 1 aliphatic heterocycles. The van der Waals surface area contributed by atoms with E-state index in [9.17, 15) is 31.7 Å². The predicted molar refractivity (Wildman–Crippen MR) is 78.6 cm³/mol. The number of alkyl halides is 3. The van der Waals surface area contributed by atoms with Gasteiger partial charge in [-0.15, -0.1) is 0 Å². The van der Waals surface area contributed by atoms with Gasteiger partial charge < -0.3 is 5.73 Å². The van der Waals surface area contributed by atoms with Crippen molar-refractivity contribution in [1.82, 2.24) is 4.31 Å². The van der Waals surface area contributed by atoms with Crippen molar-refractivity contribution in [3.8, 4) is 0 Å². The average Bonchev–Trinajstić information content (AvgIpc) is 2.53. The van der Waals surface area contributed by atoms with Crippen molar-refractivity contribution in [2.45, 2.75) is 30.0 Å². The normalized spacial score (nSPS) is 23.2. The lowest BCUT2D eigenvalue weighted by molar-refractivity contribution is -0.384. The van der Waals surface area contributed by atoms with Crippen LogP contribution in [0.1, 0.15) is 12.8 Å². The highest BCUT2D eigenvalue weighted by atomic mass is 32.2. The average molecular weight is 367 g/mol. The third kappa shape index (κ3) is 3.52. The van der Waals surface area contributed by atoms with Gasteiger partial charge in [-0.1, -0.05) is 0 Å². The van der Waals surface area contributed by atoms with E-state index in [-0.39, 0.29) is 31.6 Å². The van der Waals surface area contributed by atoms with Crippen LogP contribution in [0.2, 0.25) is 0 Å². The van der Waals surface area contributed by atoms with E-state index in [4.69, 9.17) is 5.73 Å². The predicted octanol–water partition coefficient (Wildman–Crippen LogP) is 1.89. The molecule has 2 rings (SSSR count). The van der Waals surface area contributed by atoms with Gasteiger partial charge in [-0.05, 0) is 37.4 Å². The molecular weight excluding hydrogens is 351 g/mol. The van der Waals surface area contributed by atoms with E-state index in [0.29, 0.717) is 4.31 Å². The molecule has 2 N–H and O–H groups in total. The second-order valence-corrected chi connectivity index (χ2v) is 7.38. The number of nitrogens with two attached hydrogens (primary N) is 1. The molecule has 1 saturated heterocycles. The van der Waals surface area contributed by atoms with Crippen molar-refractivity contribution < 1.29 is 26.5 Å². The Morgan fingerprint density at radius 1 is 1.29 bits per heavy atom. The quantitative estimate of drug-likeness (QED) is 0.646. The van der Waals surface area contributed by atoms with Crippen molar-refractivity contribution in [2.24, 2.45) is 11.7 Å². The Morgan fingerprint density at radius 3 is 2.33 bits per heavy atom. The Hall–Kier alpha value is -1.72. The summed E-state index contributed by atoms with van der Waals surface area (Å²) < 4.78 is 65.8. The Kier molecular flexibility index (Phi) is 5.16. The number of non-ortho nitro benzene ring substituents is 1. The Labute approximate surface area is 136 Å². The van der Waals surface area contributed by atoms with Crippen molar-refractivity contribution in [3.63, 3.8) is 0 Å². The number of hydrogen-bond acceptors (Lipinski definition) is 5. The van der Waals surface area contributed by atoms with Crippen LogP contribution in [0.3, 0.4) is 0 Å². The monoisotopic (exact) mass is 367 g/mol. The Morgan fingerprint density at radius 2 is 1.88 bits per heavy atom. The third-order valence-corrected chi connectivity index (χ3v) is 5.90. The maximum absolute atomic E-state index is 13.4. The van der Waals surface area contributed by atoms with Gasteiger partial charge in [-0.25, -0.2) is 8.42 Å². The summed E-state index contributed by atoms with van der Waals surface area (Å²) in [7, 11) is -4.44. The van der Waals surface area contributed by atoms with E-state index in [0.717, 1.165) is 24.3 Å². The van der Waals surface area contributed by atoms with Crippen molar-refractivity contribution in [2.75, 3.05) is 13.1 Å². The van der Waals surface area contributed by atoms with Crippen LogP contribution in [0.25, 0.3) is 0 Å². The maximum Gasteiger partial charge on any atom is 0.405 e. The molecule has 0 spiro atoms. The minimum atomic E-state index is -4.75. The van der Waals surface area contributed by atoms with Crippen molar-refractivity contribution in [3.05, 3.63) is 34.4 Å². The van der Waals surface area contributed by atoms with Gasteiger partial charge in [0, 0.05) is 18.7 Å². The number of halogens is 3. The van der Waals surface area contributed by atoms with Gasteiger partial charge in [0.15, 0.2) is 0 Å². The van der Waals surface area contributed by atoms with Gasteiger partial charge in [-0.2, -0.15) is 17.5 Å². The largest absolute Gasteiger partial charge is 0.405 e. The molecule has 1 heterocycles. The first-order valence-electron chi connectivity index (χ1n) is 7.12. The van der Waals surface area contributed by atoms with Gasteiger partial charge in [0.2, 0.25) is 10.0 Å². The highest BCUT2D eigenvalue weighted by Gasteiger charge is 2.53. The molecule has 1 fully saturated rings. The summed E-state index contributed by atoms with van der Waals surface area (Å²) >= 11 is 0. The van der Waals surface area contributed by atoms with E-state index in [1.807, 2.05) is 0 Å². The third-order valence-electron chi connectivity index (χ3n) is 4.00. The molecular formula is C13H16F3N3O4S. The zero-order chi connectivity index (χ0) is 18.1. The van der Waals surface area contributed by atoms with E-state index < -0.39 is 38.0 Å². The van der Waals surface area contributed by atoms with Crippen molar-refractivity contribution >= 4 is 15.7 Å². The number of benzene rings is 1. The maximum atomic E-state index is 13.4. The van der Waals surface area contributed by atoms with Crippen LogP contribution < -0.4 is 5.73 Å². The van der Waals surface area contributed by atoms with Crippen molar-refractivity contribution in [1.29, 1.82) is 0 Å². The van der Waals surface area contributed by atoms with Crippen LogP contribution in [0.15, 0.2) is 29.2 Å². The molecule has 24 heavy (non-hydrogen) atoms. The van der Waals surface area contributed by atoms with Gasteiger partial charge in [0.25, 0.3) is 5.69 Å². The van der Waals surface area contributed by atoms with E-state index in [1.165, 1.54) is 0 Å². The second kappa shape index (κ2) is 6.65. The van der Waals surface area contributed by atoms with Crippen LogP contribution in [-0.4, -0.2) is 43.0 Å². The SMILES string of the molecule is NC[C@H]1CCCN(S(=O)(=O)c2ccc([N+](=O)[O-])cc2)[C@H]1C(F)(F)F. The fraction of sp³-hybridized carbons (Fsp3) is 0.538. The van der Waals surface area contributed by atoms with Crippen LogP contribution in [0, 0.1) is 16.0 Å². The molecule has 7 nitrogen and oxygen atoms in total. The molecule has 1 aromatic rings. The second-order valence-electron chi connectivity index (χ2n) is 5.49. The molecule has 0 amide bonds. The summed E-state index contributed by atoms with van der Waals surface area (Å²) in [5.74, 6) is -1.02. The summed E-state index contributed by atoms with van der Waals surface area (Å²) in [4.78, 5) is 9.47. The summed E-state index contributed by atoms with van der Waals surface area (Å²) in [5, 5.41) is 10.6. The van der Waals surface area contributed by atoms with Gasteiger partial charge >= 0.3 is 6.18 Å². The number of nitro groups is 1. The number of hydrogen-bond donors (Lipinski definition) is 1. The van der Waals surface area contributed by atoms with Crippen LogP contribution >= 0.6 is 0 Å². The molecule has 0 unspecified atom stereocenters. The molecule has 1 aliphatic rings. The fourth-order valence-electron chi connectivity index (χ4n) is 2.86. The summed E-state index contributed by atoms with van der Waals surface area (Å²) in [6.45, 7) is -0.559. The number of nitro benzene ring substituents is 1. The highest BCUT2D eigenvalue weighted by Crippen LogP contribution is 2.38. The zero-order valence-corrected chi connectivity index (χ0v) is 13.3. The van der Waals surface area contributed by atoms with Gasteiger partial charge in [0.05, 0.1) is 9.82 Å². The lowest BCUT2D eigenvalue weighted by Crippen LogP contribution is -2.57.